The molecule has 0 aromatic heterocycles. The lowest BCUT2D eigenvalue weighted by atomic mass is 9.79. The maximum Gasteiger partial charge on any atom is 0.313 e. The quantitative estimate of drug-likeness (QED) is 0.452. The van der Waals surface area contributed by atoms with Gasteiger partial charge in [0.2, 0.25) is 0 Å². The Morgan fingerprint density at radius 2 is 1.63 bits per heavy atom. The maximum absolute atomic E-state index is 13.5. The molecule has 30 heavy (non-hydrogen) atoms. The van der Waals surface area contributed by atoms with Crippen LogP contribution in [-0.4, -0.2) is 21.9 Å². The van der Waals surface area contributed by atoms with E-state index in [1.807, 2.05) is 24.3 Å². The van der Waals surface area contributed by atoms with Gasteiger partial charge in [0, 0.05) is 26.6 Å². The number of carbonyl (C=O) groups excluding carboxylic acids is 1. The average molecular weight is 505 g/mol. The zero-order chi connectivity index (χ0) is 21.4. The summed E-state index contributed by atoms with van der Waals surface area (Å²) >= 11 is 15.7. The van der Waals surface area contributed by atoms with Crippen LogP contribution in [0, 0.1) is 0 Å². The van der Waals surface area contributed by atoms with Crippen molar-refractivity contribution in [3.05, 3.63) is 104 Å². The first-order valence-electron chi connectivity index (χ1n) is 9.18. The second kappa shape index (κ2) is 8.42. The van der Waals surface area contributed by atoms with Gasteiger partial charge in [-0.25, -0.2) is 0 Å². The highest BCUT2D eigenvalue weighted by molar-refractivity contribution is 9.10. The summed E-state index contributed by atoms with van der Waals surface area (Å²) in [5.74, 6) is -2.13. The number of halogens is 3. The van der Waals surface area contributed by atoms with Gasteiger partial charge in [0.1, 0.15) is 5.92 Å². The SMILES string of the molecule is O=C(O)C1c2ccccc2C(=O)N(Cc2cc(Cl)cc(Cl)c2)C1c1ccc(Br)cc1. The molecule has 4 nitrogen and oxygen atoms in total. The number of aliphatic carboxylic acids is 1. The molecule has 1 amide bonds. The fourth-order valence-corrected chi connectivity index (χ4v) is 4.80. The van der Waals surface area contributed by atoms with Crippen molar-refractivity contribution >= 4 is 51.0 Å². The first kappa shape index (κ1) is 20.9. The van der Waals surface area contributed by atoms with Crippen LogP contribution in [0.1, 0.15) is 39.0 Å². The van der Waals surface area contributed by atoms with Crippen molar-refractivity contribution in [2.24, 2.45) is 0 Å². The third-order valence-corrected chi connectivity index (χ3v) is 6.16. The van der Waals surface area contributed by atoms with E-state index in [-0.39, 0.29) is 12.5 Å². The fraction of sp³-hybridized carbons (Fsp3) is 0.130. The van der Waals surface area contributed by atoms with Gasteiger partial charge in [0.05, 0.1) is 6.04 Å². The lowest BCUT2D eigenvalue weighted by molar-refractivity contribution is -0.140. The number of nitrogens with zero attached hydrogens (tertiary/aromatic N) is 1. The summed E-state index contributed by atoms with van der Waals surface area (Å²) < 4.78 is 0.869. The van der Waals surface area contributed by atoms with Crippen LogP contribution in [-0.2, 0) is 11.3 Å². The zero-order valence-electron chi connectivity index (χ0n) is 15.6. The molecule has 0 spiro atoms. The molecule has 4 rings (SSSR count). The monoisotopic (exact) mass is 503 g/mol. The summed E-state index contributed by atoms with van der Waals surface area (Å²) in [6.07, 6.45) is 0. The van der Waals surface area contributed by atoms with Crippen LogP contribution in [0.5, 0.6) is 0 Å². The predicted octanol–water partition coefficient (Wildman–Crippen LogP) is 6.32. The van der Waals surface area contributed by atoms with E-state index in [2.05, 4.69) is 15.9 Å². The highest BCUT2D eigenvalue weighted by Gasteiger charge is 2.44. The fourth-order valence-electron chi connectivity index (χ4n) is 3.96. The number of carbonyl (C=O) groups is 2. The molecule has 1 N–H and O–H groups in total. The first-order valence-corrected chi connectivity index (χ1v) is 10.7. The molecule has 3 aromatic rings. The van der Waals surface area contributed by atoms with Gasteiger partial charge in [-0.05, 0) is 53.1 Å². The third kappa shape index (κ3) is 3.97. The molecule has 3 aromatic carbocycles. The van der Waals surface area contributed by atoms with Crippen LogP contribution in [0.25, 0.3) is 0 Å². The van der Waals surface area contributed by atoms with Crippen molar-refractivity contribution in [3.8, 4) is 0 Å². The van der Waals surface area contributed by atoms with Crippen molar-refractivity contribution in [1.82, 2.24) is 4.90 Å². The number of carboxylic acid groups (broad SMARTS) is 1. The van der Waals surface area contributed by atoms with Crippen LogP contribution in [0.4, 0.5) is 0 Å². The number of hydrogen-bond acceptors (Lipinski definition) is 2. The Kier molecular flexibility index (Phi) is 5.87. The Morgan fingerprint density at radius 3 is 2.27 bits per heavy atom. The van der Waals surface area contributed by atoms with Crippen molar-refractivity contribution < 1.29 is 14.7 Å². The van der Waals surface area contributed by atoms with E-state index in [0.717, 1.165) is 15.6 Å². The van der Waals surface area contributed by atoms with Gasteiger partial charge in [-0.1, -0.05) is 69.5 Å². The maximum atomic E-state index is 13.5. The second-order valence-corrected chi connectivity index (χ2v) is 8.90. The van der Waals surface area contributed by atoms with Crippen molar-refractivity contribution in [2.45, 2.75) is 18.5 Å². The molecule has 2 atom stereocenters. The normalized spacial score (nSPS) is 18.2. The molecule has 0 aliphatic carbocycles. The molecule has 1 aliphatic heterocycles. The van der Waals surface area contributed by atoms with E-state index >= 15 is 0 Å². The Labute approximate surface area is 192 Å². The first-order chi connectivity index (χ1) is 14.3. The number of carboxylic acids is 1. The average Bonchev–Trinajstić information content (AvgIpc) is 2.69. The third-order valence-electron chi connectivity index (χ3n) is 5.19. The molecule has 1 aliphatic rings. The van der Waals surface area contributed by atoms with Gasteiger partial charge in [-0.3, -0.25) is 9.59 Å². The van der Waals surface area contributed by atoms with Gasteiger partial charge < -0.3 is 10.0 Å². The minimum atomic E-state index is -0.989. The number of fused-ring (bicyclic) bond motifs is 1. The summed E-state index contributed by atoms with van der Waals surface area (Å²) in [4.78, 5) is 27.4. The van der Waals surface area contributed by atoms with E-state index in [9.17, 15) is 14.7 Å². The molecule has 7 heteroatoms. The highest BCUT2D eigenvalue weighted by atomic mass is 79.9. The van der Waals surface area contributed by atoms with Crippen LogP contribution in [0.3, 0.4) is 0 Å². The molecule has 0 radical (unpaired) electrons. The summed E-state index contributed by atoms with van der Waals surface area (Å²) in [5, 5.41) is 11.1. The molecule has 2 unspecified atom stereocenters. The summed E-state index contributed by atoms with van der Waals surface area (Å²) in [5.41, 5.74) is 2.38. The Bertz CT molecular complexity index is 1110. The van der Waals surface area contributed by atoms with Crippen LogP contribution >= 0.6 is 39.1 Å². The van der Waals surface area contributed by atoms with E-state index in [4.69, 9.17) is 23.2 Å². The summed E-state index contributed by atoms with van der Waals surface area (Å²) in [6.45, 7) is 0.179. The molecule has 0 fully saturated rings. The number of rotatable bonds is 4. The van der Waals surface area contributed by atoms with Crippen molar-refractivity contribution in [1.29, 1.82) is 0 Å². The molecule has 1 heterocycles. The topological polar surface area (TPSA) is 57.6 Å². The van der Waals surface area contributed by atoms with Crippen molar-refractivity contribution in [3.63, 3.8) is 0 Å². The smallest absolute Gasteiger partial charge is 0.313 e. The zero-order valence-corrected chi connectivity index (χ0v) is 18.7. The molecule has 152 valence electrons. The predicted molar refractivity (Wildman–Crippen MR) is 120 cm³/mol. The lowest BCUT2D eigenvalue weighted by Crippen LogP contribution is -2.44. The van der Waals surface area contributed by atoms with Crippen LogP contribution in [0.2, 0.25) is 10.0 Å². The van der Waals surface area contributed by atoms with Crippen LogP contribution in [0.15, 0.2) is 71.2 Å². The molecule has 0 bridgehead atoms. The number of hydrogen-bond donors (Lipinski definition) is 1. The summed E-state index contributed by atoms with van der Waals surface area (Å²) in [6, 6.07) is 18.6. The van der Waals surface area contributed by atoms with E-state index < -0.39 is 17.9 Å². The standard InChI is InChI=1S/C23H16BrCl2NO3/c24-15-7-5-14(6-8-15)21-20(23(29)30)18-3-1-2-4-19(18)22(28)27(21)12-13-9-16(25)11-17(26)10-13/h1-11,20-21H,12H2,(H,29,30). The van der Waals surface area contributed by atoms with Gasteiger partial charge in [0.15, 0.2) is 0 Å². The molecule has 0 saturated carbocycles. The minimum Gasteiger partial charge on any atom is -0.481 e. The van der Waals surface area contributed by atoms with Gasteiger partial charge in [-0.2, -0.15) is 0 Å². The minimum absolute atomic E-state index is 0.179. The van der Waals surface area contributed by atoms with Gasteiger partial charge in [-0.15, -0.1) is 0 Å². The lowest BCUT2D eigenvalue weighted by Gasteiger charge is -2.41. The highest BCUT2D eigenvalue weighted by Crippen LogP contribution is 2.44. The second-order valence-electron chi connectivity index (χ2n) is 7.11. The summed E-state index contributed by atoms with van der Waals surface area (Å²) in [7, 11) is 0. The van der Waals surface area contributed by atoms with E-state index in [1.54, 1.807) is 47.4 Å². The molecular formula is C23H16BrCl2NO3. The van der Waals surface area contributed by atoms with Crippen molar-refractivity contribution in [2.75, 3.05) is 0 Å². The Balaban J connectivity index is 1.88. The van der Waals surface area contributed by atoms with Crippen LogP contribution < -0.4 is 0 Å². The Morgan fingerprint density at radius 1 is 1.00 bits per heavy atom. The number of benzene rings is 3. The number of amides is 1. The van der Waals surface area contributed by atoms with Gasteiger partial charge >= 0.3 is 5.97 Å². The van der Waals surface area contributed by atoms with E-state index in [1.165, 1.54) is 0 Å². The van der Waals surface area contributed by atoms with E-state index in [0.29, 0.717) is 21.2 Å². The molecular weight excluding hydrogens is 489 g/mol. The molecule has 0 saturated heterocycles. The Hall–Kier alpha value is -2.34. The van der Waals surface area contributed by atoms with Gasteiger partial charge in [0.25, 0.3) is 5.91 Å². The largest absolute Gasteiger partial charge is 0.481 e.